The van der Waals surface area contributed by atoms with Crippen molar-refractivity contribution in [3.8, 4) is 0 Å². The Labute approximate surface area is 128 Å². The Morgan fingerprint density at radius 2 is 2.05 bits per heavy atom. The Hall–Kier alpha value is -0.990. The van der Waals surface area contributed by atoms with Gasteiger partial charge in [-0.2, -0.15) is 13.2 Å². The summed E-state index contributed by atoms with van der Waals surface area (Å²) in [5.41, 5.74) is 7.16. The van der Waals surface area contributed by atoms with Gasteiger partial charge >= 0.3 is 6.18 Å². The van der Waals surface area contributed by atoms with E-state index >= 15 is 0 Å². The minimum atomic E-state index is -4.45. The van der Waals surface area contributed by atoms with E-state index in [2.05, 4.69) is 26.0 Å². The van der Waals surface area contributed by atoms with E-state index in [1.165, 1.54) is 0 Å². The summed E-state index contributed by atoms with van der Waals surface area (Å²) >= 11 is 3.23. The molecule has 0 aromatic heterocycles. The highest BCUT2D eigenvalue weighted by molar-refractivity contribution is 9.10. The third-order valence-electron chi connectivity index (χ3n) is 2.12. The number of anilines is 2. The number of nitrogens with two attached hydrogens (primary N) is 1. The van der Waals surface area contributed by atoms with Crippen LogP contribution in [-0.4, -0.2) is 25.3 Å². The lowest BCUT2D eigenvalue weighted by Crippen LogP contribution is -2.24. The SMILES string of the molecule is Cc1cc(Br)cc(NC(=O)COCC(F)(F)F)c1N.Cl. The fourth-order valence-corrected chi connectivity index (χ4v) is 1.88. The molecule has 4 nitrogen and oxygen atoms in total. The van der Waals surface area contributed by atoms with E-state index in [1.807, 2.05) is 0 Å². The van der Waals surface area contributed by atoms with Crippen LogP contribution in [0.5, 0.6) is 0 Å². The van der Waals surface area contributed by atoms with E-state index in [-0.39, 0.29) is 12.4 Å². The molecule has 0 atom stereocenters. The standard InChI is InChI=1S/C11H12BrF3N2O2.ClH/c1-6-2-7(12)3-8(10(6)16)17-9(18)4-19-5-11(13,14)15;/h2-3H,4-5,16H2,1H3,(H,17,18);1H. The minimum absolute atomic E-state index is 0. The Morgan fingerprint density at radius 3 is 2.60 bits per heavy atom. The molecule has 3 N–H and O–H groups in total. The number of carbonyl (C=O) groups excluding carboxylic acids is 1. The Balaban J connectivity index is 0.00000361. The first-order chi connectivity index (χ1) is 8.69. The zero-order valence-electron chi connectivity index (χ0n) is 10.4. The Morgan fingerprint density at radius 1 is 1.45 bits per heavy atom. The van der Waals surface area contributed by atoms with Crippen molar-refractivity contribution in [3.63, 3.8) is 0 Å². The van der Waals surface area contributed by atoms with Crippen LogP contribution in [0.3, 0.4) is 0 Å². The maximum atomic E-state index is 11.8. The van der Waals surface area contributed by atoms with Crippen LogP contribution in [0.4, 0.5) is 24.5 Å². The monoisotopic (exact) mass is 376 g/mol. The van der Waals surface area contributed by atoms with E-state index in [4.69, 9.17) is 5.73 Å². The Bertz CT molecular complexity index is 483. The summed E-state index contributed by atoms with van der Waals surface area (Å²) < 4.78 is 40.4. The molecular formula is C11H13BrClF3N2O2. The summed E-state index contributed by atoms with van der Waals surface area (Å²) in [6.45, 7) is -0.409. The van der Waals surface area contributed by atoms with Crippen molar-refractivity contribution in [2.24, 2.45) is 0 Å². The molecule has 0 aliphatic rings. The molecule has 0 aliphatic carbocycles. The van der Waals surface area contributed by atoms with Crippen molar-refractivity contribution in [2.45, 2.75) is 13.1 Å². The summed E-state index contributed by atoms with van der Waals surface area (Å²) in [5, 5.41) is 2.39. The third-order valence-corrected chi connectivity index (χ3v) is 2.58. The molecule has 20 heavy (non-hydrogen) atoms. The van der Waals surface area contributed by atoms with Gasteiger partial charge in [0.15, 0.2) is 0 Å². The van der Waals surface area contributed by atoms with Crippen molar-refractivity contribution in [1.29, 1.82) is 0 Å². The number of halogens is 5. The molecule has 0 fully saturated rings. The molecule has 0 spiro atoms. The van der Waals surface area contributed by atoms with Gasteiger partial charge < -0.3 is 15.8 Å². The van der Waals surface area contributed by atoms with Crippen LogP contribution >= 0.6 is 28.3 Å². The second-order valence-electron chi connectivity index (χ2n) is 3.84. The number of carbonyl (C=O) groups is 1. The predicted molar refractivity (Wildman–Crippen MR) is 76.0 cm³/mol. The van der Waals surface area contributed by atoms with Crippen LogP contribution in [0.25, 0.3) is 0 Å². The number of rotatable bonds is 4. The zero-order chi connectivity index (χ0) is 14.6. The fraction of sp³-hybridized carbons (Fsp3) is 0.364. The molecule has 0 radical (unpaired) electrons. The molecule has 1 amide bonds. The maximum Gasteiger partial charge on any atom is 0.411 e. The van der Waals surface area contributed by atoms with Crippen molar-refractivity contribution in [1.82, 2.24) is 0 Å². The van der Waals surface area contributed by atoms with E-state index in [0.29, 0.717) is 15.8 Å². The zero-order valence-corrected chi connectivity index (χ0v) is 12.8. The predicted octanol–water partition coefficient (Wildman–Crippen LogP) is 3.28. The molecule has 0 heterocycles. The summed E-state index contributed by atoms with van der Waals surface area (Å²) in [6, 6.07) is 3.31. The van der Waals surface area contributed by atoms with Crippen molar-refractivity contribution < 1.29 is 22.7 Å². The molecule has 114 valence electrons. The molecule has 0 aliphatic heterocycles. The molecule has 0 saturated carbocycles. The second-order valence-corrected chi connectivity index (χ2v) is 4.76. The lowest BCUT2D eigenvalue weighted by molar-refractivity contribution is -0.174. The molecule has 9 heteroatoms. The number of nitrogen functional groups attached to an aromatic ring is 1. The van der Waals surface area contributed by atoms with Gasteiger partial charge in [-0.3, -0.25) is 4.79 Å². The Kier molecular flexibility index (Phi) is 7.32. The van der Waals surface area contributed by atoms with Crippen LogP contribution in [0.15, 0.2) is 16.6 Å². The summed E-state index contributed by atoms with van der Waals surface area (Å²) in [7, 11) is 0. The highest BCUT2D eigenvalue weighted by Crippen LogP contribution is 2.27. The first-order valence-corrected chi connectivity index (χ1v) is 5.98. The molecule has 0 unspecified atom stereocenters. The fourth-order valence-electron chi connectivity index (χ4n) is 1.30. The van der Waals surface area contributed by atoms with Crippen LogP contribution in [-0.2, 0) is 9.53 Å². The van der Waals surface area contributed by atoms with Crippen molar-refractivity contribution in [3.05, 3.63) is 22.2 Å². The van der Waals surface area contributed by atoms with Gasteiger partial charge in [-0.05, 0) is 24.6 Å². The quantitative estimate of drug-likeness (QED) is 0.792. The molecule has 1 aromatic carbocycles. The van der Waals surface area contributed by atoms with E-state index in [0.717, 1.165) is 5.56 Å². The van der Waals surface area contributed by atoms with E-state index in [9.17, 15) is 18.0 Å². The van der Waals surface area contributed by atoms with Gasteiger partial charge in [-0.25, -0.2) is 0 Å². The number of nitrogens with one attached hydrogen (secondary N) is 1. The van der Waals surface area contributed by atoms with Crippen LogP contribution < -0.4 is 11.1 Å². The molecule has 0 saturated heterocycles. The van der Waals surface area contributed by atoms with Crippen LogP contribution in [0.1, 0.15) is 5.56 Å². The van der Waals surface area contributed by atoms with E-state index in [1.54, 1.807) is 19.1 Å². The lowest BCUT2D eigenvalue weighted by Gasteiger charge is -2.12. The molecular weight excluding hydrogens is 364 g/mol. The number of amides is 1. The maximum absolute atomic E-state index is 11.8. The first kappa shape index (κ1) is 19.0. The highest BCUT2D eigenvalue weighted by atomic mass is 79.9. The largest absolute Gasteiger partial charge is 0.411 e. The average molecular weight is 378 g/mol. The van der Waals surface area contributed by atoms with Crippen LogP contribution in [0.2, 0.25) is 0 Å². The molecule has 0 bridgehead atoms. The minimum Gasteiger partial charge on any atom is -0.397 e. The van der Waals surface area contributed by atoms with Gasteiger partial charge in [0.05, 0.1) is 11.4 Å². The number of hydrogen-bond donors (Lipinski definition) is 2. The van der Waals surface area contributed by atoms with Gasteiger partial charge in [0.1, 0.15) is 13.2 Å². The van der Waals surface area contributed by atoms with Crippen LogP contribution in [0, 0.1) is 6.92 Å². The van der Waals surface area contributed by atoms with Gasteiger partial charge in [0.25, 0.3) is 0 Å². The number of benzene rings is 1. The number of aryl methyl sites for hydroxylation is 1. The third kappa shape index (κ3) is 6.44. The molecule has 1 rings (SSSR count). The normalized spacial score (nSPS) is 10.8. The lowest BCUT2D eigenvalue weighted by atomic mass is 10.2. The van der Waals surface area contributed by atoms with E-state index < -0.39 is 25.3 Å². The highest BCUT2D eigenvalue weighted by Gasteiger charge is 2.27. The number of ether oxygens (including phenoxy) is 1. The topological polar surface area (TPSA) is 64.3 Å². The average Bonchev–Trinajstić information content (AvgIpc) is 2.23. The molecule has 1 aromatic rings. The van der Waals surface area contributed by atoms with Gasteiger partial charge in [-0.1, -0.05) is 15.9 Å². The summed E-state index contributed by atoms with van der Waals surface area (Å²) in [4.78, 5) is 11.4. The summed E-state index contributed by atoms with van der Waals surface area (Å²) in [6.07, 6.45) is -4.45. The summed E-state index contributed by atoms with van der Waals surface area (Å²) in [5.74, 6) is -0.701. The van der Waals surface area contributed by atoms with Gasteiger partial charge in [0, 0.05) is 4.47 Å². The number of alkyl halides is 3. The first-order valence-electron chi connectivity index (χ1n) is 5.19. The van der Waals surface area contributed by atoms with Gasteiger partial charge in [-0.15, -0.1) is 12.4 Å². The van der Waals surface area contributed by atoms with Gasteiger partial charge in [0.2, 0.25) is 5.91 Å². The van der Waals surface area contributed by atoms with Crippen molar-refractivity contribution >= 4 is 45.6 Å². The smallest absolute Gasteiger partial charge is 0.397 e. The number of hydrogen-bond acceptors (Lipinski definition) is 3. The second kappa shape index (κ2) is 7.70. The van der Waals surface area contributed by atoms with Crippen molar-refractivity contribution in [2.75, 3.05) is 24.3 Å².